The van der Waals surface area contributed by atoms with Crippen LogP contribution in [-0.2, 0) is 0 Å². The number of hydrogen-bond donors (Lipinski definition) is 0. The Morgan fingerprint density at radius 2 is 1.35 bits per heavy atom. The van der Waals surface area contributed by atoms with Gasteiger partial charge in [0.2, 0.25) is 0 Å². The zero-order chi connectivity index (χ0) is 12.9. The third-order valence-electron chi connectivity index (χ3n) is 3.69. The molecule has 0 rings (SSSR count). The topological polar surface area (TPSA) is 3.24 Å². The van der Waals surface area contributed by atoms with Crippen LogP contribution in [0.2, 0.25) is 12.5 Å². The Morgan fingerprint density at radius 1 is 0.706 bits per heavy atom. The first-order valence-electron chi connectivity index (χ1n) is 8.00. The first kappa shape index (κ1) is 17.8. The van der Waals surface area contributed by atoms with Crippen molar-refractivity contribution in [2.24, 2.45) is 0 Å². The Morgan fingerprint density at radius 3 is 1.82 bits per heavy atom. The van der Waals surface area contributed by atoms with Crippen molar-refractivity contribution in [2.75, 3.05) is 19.6 Å². The maximum absolute atomic E-state index is 2.66. The van der Waals surface area contributed by atoms with Crippen LogP contribution >= 0.6 is 0 Å². The van der Waals surface area contributed by atoms with Gasteiger partial charge in [0.25, 0.3) is 0 Å². The molecule has 0 amide bonds. The molecule has 0 bridgehead atoms. The van der Waals surface area contributed by atoms with Crippen LogP contribution in [0.1, 0.15) is 59.8 Å². The molecule has 0 radical (unpaired) electrons. The molecular formula is C15H34InN. The van der Waals surface area contributed by atoms with E-state index in [0.717, 1.165) is 0 Å². The van der Waals surface area contributed by atoms with E-state index in [2.05, 4.69) is 32.6 Å². The minimum absolute atomic E-state index is 1.00. The number of unbranched alkanes of at least 4 members (excludes halogenated alkanes) is 1. The van der Waals surface area contributed by atoms with Gasteiger partial charge in [0.15, 0.2) is 0 Å². The Balaban J connectivity index is 3.57. The third-order valence-corrected chi connectivity index (χ3v) is 14.5. The van der Waals surface area contributed by atoms with Gasteiger partial charge in [-0.25, -0.2) is 0 Å². The summed E-state index contributed by atoms with van der Waals surface area (Å²) in [5, 5.41) is 0. The van der Waals surface area contributed by atoms with Crippen molar-refractivity contribution in [2.45, 2.75) is 72.3 Å². The van der Waals surface area contributed by atoms with Crippen molar-refractivity contribution < 1.29 is 0 Å². The van der Waals surface area contributed by atoms with Crippen molar-refractivity contribution in [1.29, 1.82) is 0 Å². The molecule has 1 nitrogen and oxygen atoms in total. The van der Waals surface area contributed by atoms with Crippen molar-refractivity contribution >= 4 is 21.4 Å². The second kappa shape index (κ2) is 13.3. The van der Waals surface area contributed by atoms with E-state index < -0.39 is 21.4 Å². The fourth-order valence-corrected chi connectivity index (χ4v) is 10.7. The molecule has 0 fully saturated rings. The van der Waals surface area contributed by atoms with E-state index in [9.17, 15) is 0 Å². The molecule has 0 N–H and O–H groups in total. The maximum atomic E-state index is 2.66. The summed E-state index contributed by atoms with van der Waals surface area (Å²) in [5.74, 6) is 0. The molecule has 102 valence electrons. The zero-order valence-corrected chi connectivity index (χ0v) is 16.1. The van der Waals surface area contributed by atoms with Crippen LogP contribution in [0, 0.1) is 0 Å². The summed E-state index contributed by atoms with van der Waals surface area (Å²) in [7, 11) is 0. The van der Waals surface area contributed by atoms with Crippen LogP contribution in [0.4, 0.5) is 0 Å². The molecule has 0 aromatic carbocycles. The van der Waals surface area contributed by atoms with Gasteiger partial charge < -0.3 is 0 Å². The molecule has 0 aromatic heterocycles. The molecule has 0 aliphatic carbocycles. The van der Waals surface area contributed by atoms with Crippen molar-refractivity contribution in [1.82, 2.24) is 4.90 Å². The normalized spacial score (nSPS) is 11.1. The summed E-state index contributed by atoms with van der Waals surface area (Å²) in [6.45, 7) is 13.4. The molecule has 17 heavy (non-hydrogen) atoms. The molecular weight excluding hydrogens is 309 g/mol. The molecule has 0 aliphatic rings. The van der Waals surface area contributed by atoms with Gasteiger partial charge in [0, 0.05) is 0 Å². The van der Waals surface area contributed by atoms with E-state index in [0.29, 0.717) is 0 Å². The summed E-state index contributed by atoms with van der Waals surface area (Å²) in [6, 6.07) is 0. The van der Waals surface area contributed by atoms with Crippen LogP contribution in [0.5, 0.6) is 0 Å². The molecule has 0 heterocycles. The summed E-state index contributed by atoms with van der Waals surface area (Å²) < 4.78 is 4.90. The predicted octanol–water partition coefficient (Wildman–Crippen LogP) is 4.81. The van der Waals surface area contributed by atoms with Crippen molar-refractivity contribution in [3.8, 4) is 0 Å². The molecule has 0 aromatic rings. The number of rotatable bonds is 12. The van der Waals surface area contributed by atoms with Crippen LogP contribution in [0.3, 0.4) is 0 Å². The monoisotopic (exact) mass is 343 g/mol. The molecule has 0 spiro atoms. The number of nitrogens with zero attached hydrogens (tertiary/aromatic N) is 1. The van der Waals surface area contributed by atoms with E-state index in [1.165, 1.54) is 51.7 Å². The Labute approximate surface area is 118 Å². The van der Waals surface area contributed by atoms with E-state index >= 15 is 0 Å². The standard InChI is InChI=1S/C10H22N.C3H7.C2H5.In/c1-4-7-10-11(8-5-2)9-6-3;1-3-2;1-2;/h1,4-10H2,2-3H3;1,3H2,2H3;1H2,2H3;. The van der Waals surface area contributed by atoms with Gasteiger partial charge in [-0.3, -0.25) is 0 Å². The van der Waals surface area contributed by atoms with Crippen molar-refractivity contribution in [3.05, 3.63) is 0 Å². The summed E-state index contributed by atoms with van der Waals surface area (Å²) >= 11 is -1.00. The van der Waals surface area contributed by atoms with Crippen LogP contribution < -0.4 is 0 Å². The van der Waals surface area contributed by atoms with Gasteiger partial charge >= 0.3 is 118 Å². The summed E-state index contributed by atoms with van der Waals surface area (Å²) in [4.78, 5) is 2.66. The van der Waals surface area contributed by atoms with Gasteiger partial charge in [-0.2, -0.15) is 0 Å². The average Bonchev–Trinajstić information content (AvgIpc) is 2.33. The first-order valence-corrected chi connectivity index (χ1v) is 15.0. The fraction of sp³-hybridized carbons (Fsp3) is 1.00. The molecule has 0 unspecified atom stereocenters. The van der Waals surface area contributed by atoms with E-state index in [1.807, 2.05) is 0 Å². The van der Waals surface area contributed by atoms with Gasteiger partial charge in [0.1, 0.15) is 0 Å². The van der Waals surface area contributed by atoms with Gasteiger partial charge in [-0.15, -0.1) is 0 Å². The number of hydrogen-bond acceptors (Lipinski definition) is 1. The van der Waals surface area contributed by atoms with E-state index in [-0.39, 0.29) is 0 Å². The Hall–Kier alpha value is 0.830. The Kier molecular flexibility index (Phi) is 13.9. The molecule has 0 atom stereocenters. The van der Waals surface area contributed by atoms with Crippen LogP contribution in [-0.4, -0.2) is 46.0 Å². The third kappa shape index (κ3) is 10.4. The molecule has 2 heteroatoms. The van der Waals surface area contributed by atoms with Crippen LogP contribution in [0.25, 0.3) is 0 Å². The summed E-state index contributed by atoms with van der Waals surface area (Å²) in [6.07, 6.45) is 7.06. The fourth-order valence-electron chi connectivity index (χ4n) is 2.70. The minimum atomic E-state index is -1.00. The molecule has 0 aliphatic heterocycles. The first-order chi connectivity index (χ1) is 8.28. The zero-order valence-electron chi connectivity index (χ0n) is 12.8. The van der Waals surface area contributed by atoms with E-state index in [4.69, 9.17) is 0 Å². The van der Waals surface area contributed by atoms with E-state index in [1.54, 1.807) is 12.5 Å². The summed E-state index contributed by atoms with van der Waals surface area (Å²) in [5.41, 5.74) is 0. The quantitative estimate of drug-likeness (QED) is 0.460. The van der Waals surface area contributed by atoms with Gasteiger partial charge in [0.05, 0.1) is 0 Å². The second-order valence-corrected chi connectivity index (χ2v) is 16.0. The molecule has 0 saturated carbocycles. The second-order valence-electron chi connectivity index (χ2n) is 5.40. The molecule has 0 saturated heterocycles. The van der Waals surface area contributed by atoms with Crippen LogP contribution in [0.15, 0.2) is 0 Å². The van der Waals surface area contributed by atoms with Gasteiger partial charge in [-0.05, 0) is 0 Å². The van der Waals surface area contributed by atoms with Gasteiger partial charge in [-0.1, -0.05) is 0 Å². The Bertz CT molecular complexity index is 144. The van der Waals surface area contributed by atoms with Crippen molar-refractivity contribution in [3.63, 3.8) is 0 Å². The predicted molar refractivity (Wildman–Crippen MR) is 82.4 cm³/mol. The average molecular weight is 343 g/mol. The SMILES string of the molecule is CCCN(CCC)CCC[CH2][In]([CH2]C)[CH2]CC.